The minimum Gasteiger partial charge on any atom is -0.307 e. The summed E-state index contributed by atoms with van der Waals surface area (Å²) < 4.78 is 7.19. The third-order valence-electron chi connectivity index (χ3n) is 10.6. The number of nitrogens with zero attached hydrogens (tertiary/aromatic N) is 4. The number of fused-ring (bicyclic) bond motifs is 8. The minimum absolute atomic E-state index is 0.915. The fourth-order valence-electron chi connectivity index (χ4n) is 8.31. The number of benzene rings is 8. The molecule has 3 heterocycles. The topological polar surface area (TPSA) is 27.7 Å². The molecule has 0 aliphatic carbocycles. The third-order valence-corrected chi connectivity index (χ3v) is 10.6. The molecule has 0 saturated carbocycles. The summed E-state index contributed by atoms with van der Waals surface area (Å²) in [6.45, 7) is 0. The molecule has 11 rings (SSSR count). The van der Waals surface area contributed by atoms with Crippen molar-refractivity contribution in [3.63, 3.8) is 0 Å². The van der Waals surface area contributed by atoms with E-state index in [2.05, 4.69) is 208 Å². The summed E-state index contributed by atoms with van der Waals surface area (Å²) in [6, 6.07) is 69.6. The van der Waals surface area contributed by atoms with Gasteiger partial charge >= 0.3 is 0 Å². The number of hydrogen-bond acceptors (Lipinski definition) is 1. The van der Waals surface area contributed by atoms with E-state index in [1.54, 1.807) is 0 Å². The van der Waals surface area contributed by atoms with Gasteiger partial charge < -0.3 is 9.13 Å². The van der Waals surface area contributed by atoms with Crippen LogP contribution < -0.4 is 0 Å². The van der Waals surface area contributed by atoms with Crippen LogP contribution in [-0.2, 0) is 0 Å². The number of hydrogen-bond donors (Lipinski definition) is 0. The molecule has 4 nitrogen and oxygen atoms in total. The second-order valence-electron chi connectivity index (χ2n) is 13.6. The molecular formula is C49H32N4. The van der Waals surface area contributed by atoms with E-state index in [0.717, 1.165) is 39.5 Å². The van der Waals surface area contributed by atoms with Crippen LogP contribution in [0.1, 0.15) is 0 Å². The van der Waals surface area contributed by atoms with E-state index in [-0.39, 0.29) is 0 Å². The summed E-state index contributed by atoms with van der Waals surface area (Å²) in [7, 11) is 0. The average molecular weight is 677 g/mol. The highest BCUT2D eigenvalue weighted by Crippen LogP contribution is 2.42. The van der Waals surface area contributed by atoms with Crippen LogP contribution in [0.4, 0.5) is 0 Å². The van der Waals surface area contributed by atoms with E-state index >= 15 is 0 Å². The van der Waals surface area contributed by atoms with Crippen LogP contribution in [0.2, 0.25) is 0 Å². The number of para-hydroxylation sites is 5. The molecule has 0 aliphatic rings. The molecular weight excluding hydrogens is 645 g/mol. The smallest absolute Gasteiger partial charge is 0.145 e. The van der Waals surface area contributed by atoms with E-state index < -0.39 is 0 Å². The fourth-order valence-corrected chi connectivity index (χ4v) is 8.31. The maximum absolute atomic E-state index is 5.22. The molecule has 0 atom stereocenters. The molecule has 0 aliphatic heterocycles. The Kier molecular flexibility index (Phi) is 6.52. The van der Waals surface area contributed by atoms with Gasteiger partial charge in [-0.15, -0.1) is 0 Å². The van der Waals surface area contributed by atoms with E-state index in [0.29, 0.717) is 0 Å². The Labute approximate surface area is 306 Å². The first-order valence-corrected chi connectivity index (χ1v) is 18.1. The molecule has 53 heavy (non-hydrogen) atoms. The Balaban J connectivity index is 1.20. The average Bonchev–Trinajstić information content (AvgIpc) is 3.90. The summed E-state index contributed by atoms with van der Waals surface area (Å²) in [4.78, 5) is 5.22. The van der Waals surface area contributed by atoms with Gasteiger partial charge in [0.25, 0.3) is 0 Å². The van der Waals surface area contributed by atoms with Gasteiger partial charge in [-0.2, -0.15) is 0 Å². The fraction of sp³-hybridized carbons (Fsp3) is 0. The van der Waals surface area contributed by atoms with Crippen molar-refractivity contribution < 1.29 is 0 Å². The number of imidazole rings is 1. The van der Waals surface area contributed by atoms with Crippen molar-refractivity contribution in [1.29, 1.82) is 0 Å². The van der Waals surface area contributed by atoms with Gasteiger partial charge in [0, 0.05) is 44.2 Å². The van der Waals surface area contributed by atoms with Crippen molar-refractivity contribution in [1.82, 2.24) is 18.7 Å². The zero-order chi connectivity index (χ0) is 34.9. The van der Waals surface area contributed by atoms with Gasteiger partial charge in [-0.1, -0.05) is 133 Å². The van der Waals surface area contributed by atoms with Crippen molar-refractivity contribution in [3.8, 4) is 39.6 Å². The van der Waals surface area contributed by atoms with Gasteiger partial charge in [0.05, 0.1) is 33.1 Å². The monoisotopic (exact) mass is 676 g/mol. The Morgan fingerprint density at radius 2 is 0.792 bits per heavy atom. The lowest BCUT2D eigenvalue weighted by Crippen LogP contribution is -2.00. The van der Waals surface area contributed by atoms with Crippen LogP contribution >= 0.6 is 0 Å². The van der Waals surface area contributed by atoms with Gasteiger partial charge in [-0.05, 0) is 71.8 Å². The molecule has 0 amide bonds. The molecule has 0 N–H and O–H groups in total. The Morgan fingerprint density at radius 1 is 0.302 bits per heavy atom. The normalized spacial score (nSPS) is 11.8. The highest BCUT2D eigenvalue weighted by molar-refractivity contribution is 6.23. The highest BCUT2D eigenvalue weighted by Gasteiger charge is 2.22. The molecule has 0 bridgehead atoms. The van der Waals surface area contributed by atoms with Crippen molar-refractivity contribution >= 4 is 54.6 Å². The van der Waals surface area contributed by atoms with Crippen LogP contribution in [0.3, 0.4) is 0 Å². The standard InChI is InChI=1S/C49H32N4/c1-3-14-33(15-4-1)34-26-28-37(29-27-34)51-44-23-10-7-20-39(44)41-30-31-42-40-21-8-11-24-45(40)52(48(42)47(41)51)38-19-13-16-35(32-38)49-50-43-22-9-12-25-46(43)53(49)36-17-5-2-6-18-36/h1-32H. The van der Waals surface area contributed by atoms with Crippen LogP contribution in [-0.4, -0.2) is 18.7 Å². The molecule has 0 radical (unpaired) electrons. The van der Waals surface area contributed by atoms with Crippen molar-refractivity contribution in [2.24, 2.45) is 0 Å². The van der Waals surface area contributed by atoms with Gasteiger partial charge in [0.15, 0.2) is 0 Å². The summed E-state index contributed by atoms with van der Waals surface area (Å²) in [5.41, 5.74) is 13.5. The largest absolute Gasteiger partial charge is 0.307 e. The lowest BCUT2D eigenvalue weighted by molar-refractivity contribution is 1.10. The first-order valence-electron chi connectivity index (χ1n) is 18.1. The Hall–Kier alpha value is -7.17. The molecule has 8 aromatic carbocycles. The number of aromatic nitrogens is 4. The Bertz CT molecular complexity index is 3150. The first-order chi connectivity index (χ1) is 26.3. The maximum Gasteiger partial charge on any atom is 0.145 e. The van der Waals surface area contributed by atoms with Gasteiger partial charge in [0.1, 0.15) is 5.82 Å². The quantitative estimate of drug-likeness (QED) is 0.178. The summed E-state index contributed by atoms with van der Waals surface area (Å²) in [5.74, 6) is 0.915. The molecule has 4 heteroatoms. The van der Waals surface area contributed by atoms with Crippen molar-refractivity contribution in [3.05, 3.63) is 194 Å². The van der Waals surface area contributed by atoms with Gasteiger partial charge in [-0.25, -0.2) is 4.98 Å². The molecule has 0 saturated heterocycles. The minimum atomic E-state index is 0.915. The second kappa shape index (κ2) is 11.7. The molecule has 11 aromatic rings. The lowest BCUT2D eigenvalue weighted by atomic mass is 10.1. The van der Waals surface area contributed by atoms with Crippen LogP contribution in [0.15, 0.2) is 194 Å². The molecule has 0 fully saturated rings. The summed E-state index contributed by atoms with van der Waals surface area (Å²) >= 11 is 0. The van der Waals surface area contributed by atoms with Crippen LogP contribution in [0.25, 0.3) is 94.2 Å². The molecule has 0 unspecified atom stereocenters. The predicted octanol–water partition coefficient (Wildman–Crippen LogP) is 12.6. The van der Waals surface area contributed by atoms with Crippen LogP contribution in [0, 0.1) is 0 Å². The van der Waals surface area contributed by atoms with E-state index in [1.165, 1.54) is 54.7 Å². The van der Waals surface area contributed by atoms with E-state index in [4.69, 9.17) is 4.98 Å². The molecule has 248 valence electrons. The molecule has 0 spiro atoms. The Morgan fingerprint density at radius 3 is 1.47 bits per heavy atom. The van der Waals surface area contributed by atoms with Crippen molar-refractivity contribution in [2.45, 2.75) is 0 Å². The SMILES string of the molecule is c1ccc(-c2ccc(-n3c4ccccc4c4ccc5c6ccccc6n(-c6cccc(-c7nc8ccccc8n7-c7ccccc7)c6)c5c43)cc2)cc1. The zero-order valence-electron chi connectivity index (χ0n) is 28.8. The van der Waals surface area contributed by atoms with Crippen LogP contribution in [0.5, 0.6) is 0 Å². The zero-order valence-corrected chi connectivity index (χ0v) is 28.8. The lowest BCUT2D eigenvalue weighted by Gasteiger charge is -2.14. The molecule has 3 aromatic heterocycles. The predicted molar refractivity (Wildman–Crippen MR) is 221 cm³/mol. The van der Waals surface area contributed by atoms with E-state index in [9.17, 15) is 0 Å². The highest BCUT2D eigenvalue weighted by atomic mass is 15.1. The summed E-state index contributed by atoms with van der Waals surface area (Å²) in [5, 5.41) is 4.91. The third kappa shape index (κ3) is 4.52. The number of rotatable bonds is 5. The van der Waals surface area contributed by atoms with Gasteiger partial charge in [-0.3, -0.25) is 4.57 Å². The second-order valence-corrected chi connectivity index (χ2v) is 13.6. The van der Waals surface area contributed by atoms with E-state index in [1.807, 2.05) is 0 Å². The first kappa shape index (κ1) is 29.5. The summed E-state index contributed by atoms with van der Waals surface area (Å²) in [6.07, 6.45) is 0. The van der Waals surface area contributed by atoms with Gasteiger partial charge in [0.2, 0.25) is 0 Å². The van der Waals surface area contributed by atoms with Crippen molar-refractivity contribution in [2.75, 3.05) is 0 Å². The maximum atomic E-state index is 5.22.